The van der Waals surface area contributed by atoms with E-state index in [0.29, 0.717) is 5.56 Å². The van der Waals surface area contributed by atoms with Crippen LogP contribution in [-0.4, -0.2) is 21.4 Å². The lowest BCUT2D eigenvalue weighted by molar-refractivity contribution is 0.0698. The van der Waals surface area contributed by atoms with Crippen LogP contribution in [0.5, 0.6) is 0 Å². The molecule has 3 nitrogen and oxygen atoms in total. The van der Waals surface area contributed by atoms with E-state index < -0.39 is 5.97 Å². The normalized spacial score (nSPS) is 10.9. The summed E-state index contributed by atoms with van der Waals surface area (Å²) in [6, 6.07) is 5.46. The minimum absolute atomic E-state index is 0.373. The summed E-state index contributed by atoms with van der Waals surface area (Å²) in [6.45, 7) is 2.12. The summed E-state index contributed by atoms with van der Waals surface area (Å²) in [7, 11) is 1.90. The molecule has 90 valence electrons. The maximum Gasteiger partial charge on any atom is 0.337 e. The van der Waals surface area contributed by atoms with Gasteiger partial charge in [0.05, 0.1) is 11.1 Å². The van der Waals surface area contributed by atoms with Crippen LogP contribution in [-0.2, 0) is 12.8 Å². The van der Waals surface area contributed by atoms with Crippen LogP contribution in [0.1, 0.15) is 22.8 Å². The Morgan fingerprint density at radius 1 is 1.47 bits per heavy atom. The molecule has 1 N–H and O–H groups in total. The van der Waals surface area contributed by atoms with E-state index in [0.717, 1.165) is 22.4 Å². The number of aryl methyl sites for hydroxylation is 1. The molecule has 4 heteroatoms. The Balaban J connectivity index is 2.60. The third kappa shape index (κ3) is 2.17. The zero-order chi connectivity index (χ0) is 12.4. The van der Waals surface area contributed by atoms with E-state index in [4.69, 9.17) is 0 Å². The Bertz CT molecular complexity index is 560. The van der Waals surface area contributed by atoms with Crippen LogP contribution in [0.2, 0.25) is 0 Å². The molecule has 1 heterocycles. The van der Waals surface area contributed by atoms with Crippen molar-refractivity contribution in [1.29, 1.82) is 0 Å². The van der Waals surface area contributed by atoms with Gasteiger partial charge in [-0.05, 0) is 17.4 Å². The van der Waals surface area contributed by atoms with Crippen molar-refractivity contribution in [3.05, 3.63) is 35.5 Å². The Morgan fingerprint density at radius 2 is 2.24 bits per heavy atom. The maximum atomic E-state index is 11.2. The molecule has 0 bridgehead atoms. The molecule has 1 aromatic carbocycles. The number of aromatic carboxylic acids is 1. The number of carboxylic acid groups (broad SMARTS) is 1. The van der Waals surface area contributed by atoms with Crippen LogP contribution in [0.4, 0.5) is 0 Å². The Labute approximate surface area is 104 Å². The molecule has 0 atom stereocenters. The highest BCUT2D eigenvalue weighted by Gasteiger charge is 2.14. The molecule has 0 aliphatic rings. The second-order valence-electron chi connectivity index (χ2n) is 3.91. The van der Waals surface area contributed by atoms with Crippen LogP contribution in [0.15, 0.2) is 24.4 Å². The first-order chi connectivity index (χ1) is 8.15. The largest absolute Gasteiger partial charge is 0.478 e. The molecule has 17 heavy (non-hydrogen) atoms. The van der Waals surface area contributed by atoms with Gasteiger partial charge in [0.25, 0.3) is 0 Å². The summed E-state index contributed by atoms with van der Waals surface area (Å²) in [5.74, 6) is 1.12. The van der Waals surface area contributed by atoms with Crippen LogP contribution < -0.4 is 0 Å². The number of aromatic nitrogens is 1. The lowest BCUT2D eigenvalue weighted by atomic mass is 10.1. The molecular formula is C13H15NO2S. The maximum absolute atomic E-state index is 11.2. The number of thioether (sulfide) groups is 1. The minimum Gasteiger partial charge on any atom is -0.478 e. The highest BCUT2D eigenvalue weighted by Crippen LogP contribution is 2.27. The van der Waals surface area contributed by atoms with Gasteiger partial charge in [-0.3, -0.25) is 0 Å². The van der Waals surface area contributed by atoms with E-state index in [1.54, 1.807) is 6.07 Å². The molecule has 0 unspecified atom stereocenters. The second kappa shape index (κ2) is 4.84. The lowest BCUT2D eigenvalue weighted by Crippen LogP contribution is -1.99. The summed E-state index contributed by atoms with van der Waals surface area (Å²) in [4.78, 5) is 11.2. The Kier molecular flexibility index (Phi) is 3.43. The number of para-hydroxylation sites is 1. The average Bonchev–Trinajstić information content (AvgIpc) is 2.64. The number of nitrogens with zero attached hydrogens (tertiary/aromatic N) is 1. The monoisotopic (exact) mass is 249 g/mol. The molecule has 0 spiro atoms. The predicted molar refractivity (Wildman–Crippen MR) is 71.7 cm³/mol. The van der Waals surface area contributed by atoms with E-state index in [-0.39, 0.29) is 0 Å². The SMILES string of the molecule is CCSCc1cn(C)c2c(C(=O)O)cccc12. The standard InChI is InChI=1S/C13H15NO2S/c1-3-17-8-9-7-14(2)12-10(9)5-4-6-11(12)13(15)16/h4-7H,3,8H2,1-2H3,(H,15,16). The fourth-order valence-electron chi connectivity index (χ4n) is 2.05. The molecule has 0 aliphatic heterocycles. The summed E-state index contributed by atoms with van der Waals surface area (Å²) >= 11 is 1.84. The Morgan fingerprint density at radius 3 is 2.88 bits per heavy atom. The van der Waals surface area contributed by atoms with Crippen molar-refractivity contribution in [3.8, 4) is 0 Å². The third-order valence-corrected chi connectivity index (χ3v) is 3.70. The van der Waals surface area contributed by atoms with Gasteiger partial charge in [-0.15, -0.1) is 0 Å². The van der Waals surface area contributed by atoms with Crippen LogP contribution >= 0.6 is 11.8 Å². The number of hydrogen-bond acceptors (Lipinski definition) is 2. The number of hydrogen-bond donors (Lipinski definition) is 1. The van der Waals surface area contributed by atoms with Gasteiger partial charge in [0, 0.05) is 24.4 Å². The zero-order valence-corrected chi connectivity index (χ0v) is 10.8. The number of fused-ring (bicyclic) bond motifs is 1. The van der Waals surface area contributed by atoms with Crippen molar-refractivity contribution in [2.24, 2.45) is 7.05 Å². The molecule has 0 amide bonds. The molecule has 0 saturated heterocycles. The van der Waals surface area contributed by atoms with Crippen molar-refractivity contribution in [1.82, 2.24) is 4.57 Å². The van der Waals surface area contributed by atoms with Gasteiger partial charge in [0.15, 0.2) is 0 Å². The number of rotatable bonds is 4. The first kappa shape index (κ1) is 12.0. The van der Waals surface area contributed by atoms with Gasteiger partial charge in [-0.1, -0.05) is 19.1 Å². The first-order valence-electron chi connectivity index (χ1n) is 5.53. The second-order valence-corrected chi connectivity index (χ2v) is 5.18. The summed E-state index contributed by atoms with van der Waals surface area (Å²) in [5.41, 5.74) is 2.39. The van der Waals surface area contributed by atoms with Crippen LogP contribution in [0.25, 0.3) is 10.9 Å². The van der Waals surface area contributed by atoms with Crippen molar-refractivity contribution >= 4 is 28.6 Å². The van der Waals surface area contributed by atoms with Gasteiger partial charge in [-0.2, -0.15) is 11.8 Å². The van der Waals surface area contributed by atoms with E-state index >= 15 is 0 Å². The highest BCUT2D eigenvalue weighted by molar-refractivity contribution is 7.98. The van der Waals surface area contributed by atoms with Gasteiger partial charge in [0.1, 0.15) is 0 Å². The summed E-state index contributed by atoms with van der Waals surface area (Å²) in [5, 5.41) is 10.2. The molecule has 0 radical (unpaired) electrons. The van der Waals surface area contributed by atoms with Crippen molar-refractivity contribution in [2.75, 3.05) is 5.75 Å². The fraction of sp³-hybridized carbons (Fsp3) is 0.308. The smallest absolute Gasteiger partial charge is 0.337 e. The van der Waals surface area contributed by atoms with Gasteiger partial charge < -0.3 is 9.67 Å². The predicted octanol–water partition coefficient (Wildman–Crippen LogP) is 3.13. The fourth-order valence-corrected chi connectivity index (χ4v) is 2.70. The van der Waals surface area contributed by atoms with Crippen molar-refractivity contribution in [2.45, 2.75) is 12.7 Å². The molecule has 2 aromatic rings. The van der Waals surface area contributed by atoms with E-state index in [1.165, 1.54) is 5.56 Å². The molecule has 2 rings (SSSR count). The van der Waals surface area contributed by atoms with Crippen LogP contribution in [0, 0.1) is 0 Å². The third-order valence-electron chi connectivity index (χ3n) is 2.78. The number of carbonyl (C=O) groups is 1. The van der Waals surface area contributed by atoms with Crippen molar-refractivity contribution in [3.63, 3.8) is 0 Å². The molecular weight excluding hydrogens is 234 g/mol. The molecule has 1 aromatic heterocycles. The van der Waals surface area contributed by atoms with Crippen LogP contribution in [0.3, 0.4) is 0 Å². The first-order valence-corrected chi connectivity index (χ1v) is 6.68. The summed E-state index contributed by atoms with van der Waals surface area (Å²) in [6.07, 6.45) is 2.03. The molecule has 0 aliphatic carbocycles. The zero-order valence-electron chi connectivity index (χ0n) is 9.93. The average molecular weight is 249 g/mol. The topological polar surface area (TPSA) is 42.2 Å². The quantitative estimate of drug-likeness (QED) is 0.905. The Hall–Kier alpha value is -1.42. The number of carboxylic acids is 1. The van der Waals surface area contributed by atoms with E-state index in [1.807, 2.05) is 41.7 Å². The molecule has 0 fully saturated rings. The summed E-state index contributed by atoms with van der Waals surface area (Å²) < 4.78 is 1.91. The molecule has 0 saturated carbocycles. The van der Waals surface area contributed by atoms with Gasteiger partial charge in [-0.25, -0.2) is 4.79 Å². The van der Waals surface area contributed by atoms with Crippen molar-refractivity contribution < 1.29 is 9.90 Å². The minimum atomic E-state index is -0.869. The van der Waals surface area contributed by atoms with Gasteiger partial charge in [0.2, 0.25) is 0 Å². The van der Waals surface area contributed by atoms with Gasteiger partial charge >= 0.3 is 5.97 Å². The lowest BCUT2D eigenvalue weighted by Gasteiger charge is -2.01. The number of benzene rings is 1. The van der Waals surface area contributed by atoms with E-state index in [2.05, 4.69) is 6.92 Å². The van der Waals surface area contributed by atoms with E-state index in [9.17, 15) is 9.90 Å². The highest BCUT2D eigenvalue weighted by atomic mass is 32.2.